The minimum atomic E-state index is -0.478. The number of ketones is 1. The van der Waals surface area contributed by atoms with Gasteiger partial charge < -0.3 is 10.6 Å². The summed E-state index contributed by atoms with van der Waals surface area (Å²) in [5.74, 6) is -0.797. The van der Waals surface area contributed by atoms with Gasteiger partial charge >= 0.3 is 0 Å². The molecule has 36 heavy (non-hydrogen) atoms. The predicted molar refractivity (Wildman–Crippen MR) is 144 cm³/mol. The maximum atomic E-state index is 14.3. The summed E-state index contributed by atoms with van der Waals surface area (Å²) < 4.78 is 14.3. The molecule has 2 heterocycles. The third kappa shape index (κ3) is 5.42. The van der Waals surface area contributed by atoms with Crippen LogP contribution in [0.2, 0.25) is 5.02 Å². The van der Waals surface area contributed by atoms with E-state index in [2.05, 4.69) is 15.6 Å². The van der Waals surface area contributed by atoms with Crippen LogP contribution < -0.4 is 10.6 Å². The third-order valence-corrected chi connectivity index (χ3v) is 7.99. The number of amides is 1. The first kappa shape index (κ1) is 24.4. The lowest BCUT2D eigenvalue weighted by Gasteiger charge is -2.30. The molecule has 1 saturated carbocycles. The second kappa shape index (κ2) is 10.4. The Morgan fingerprint density at radius 1 is 1.00 bits per heavy atom. The summed E-state index contributed by atoms with van der Waals surface area (Å²) in [6, 6.07) is 15.8. The van der Waals surface area contributed by atoms with Crippen LogP contribution in [-0.2, 0) is 0 Å². The lowest BCUT2D eigenvalue weighted by molar-refractivity contribution is 0.0925. The Kier molecular flexibility index (Phi) is 7.03. The third-order valence-electron chi connectivity index (χ3n) is 6.52. The van der Waals surface area contributed by atoms with Gasteiger partial charge in [-0.05, 0) is 92.8 Å². The van der Waals surface area contributed by atoms with Crippen LogP contribution in [0.25, 0.3) is 21.3 Å². The van der Waals surface area contributed by atoms with Crippen LogP contribution in [0, 0.1) is 5.82 Å². The first-order valence-electron chi connectivity index (χ1n) is 11.9. The molecule has 5 nitrogen and oxygen atoms in total. The van der Waals surface area contributed by atoms with Crippen molar-refractivity contribution in [2.24, 2.45) is 0 Å². The second-order valence-electron chi connectivity index (χ2n) is 9.13. The zero-order valence-corrected chi connectivity index (χ0v) is 21.3. The van der Waals surface area contributed by atoms with Gasteiger partial charge in [0.25, 0.3) is 5.91 Å². The molecular weight excluding hydrogens is 497 g/mol. The molecule has 8 heteroatoms. The molecule has 5 rings (SSSR count). The number of pyridine rings is 1. The first-order chi connectivity index (χ1) is 17.4. The van der Waals surface area contributed by atoms with Crippen LogP contribution in [0.5, 0.6) is 0 Å². The highest BCUT2D eigenvalue weighted by Crippen LogP contribution is 2.31. The van der Waals surface area contributed by atoms with Crippen LogP contribution in [0.15, 0.2) is 60.8 Å². The van der Waals surface area contributed by atoms with Crippen LogP contribution in [0.1, 0.15) is 52.6 Å². The number of carbonyl (C=O) groups is 2. The average molecular weight is 522 g/mol. The highest BCUT2D eigenvalue weighted by Gasteiger charge is 2.24. The fourth-order valence-corrected chi connectivity index (χ4v) is 5.72. The van der Waals surface area contributed by atoms with Crippen molar-refractivity contribution in [2.45, 2.75) is 44.7 Å². The zero-order valence-electron chi connectivity index (χ0n) is 19.7. The summed E-state index contributed by atoms with van der Waals surface area (Å²) in [4.78, 5) is 30.3. The number of nitrogens with zero attached hydrogens (tertiary/aromatic N) is 1. The lowest BCUT2D eigenvalue weighted by Crippen LogP contribution is -2.40. The zero-order chi connectivity index (χ0) is 25.2. The Hall–Kier alpha value is -3.29. The van der Waals surface area contributed by atoms with Gasteiger partial charge in [0.05, 0.1) is 10.4 Å². The maximum absolute atomic E-state index is 14.3. The Morgan fingerprint density at radius 2 is 1.78 bits per heavy atom. The number of fused-ring (bicyclic) bond motifs is 1. The molecular formula is C28H25ClFN3O2S. The van der Waals surface area contributed by atoms with Crippen molar-refractivity contribution < 1.29 is 14.0 Å². The molecule has 1 amide bonds. The largest absolute Gasteiger partial charge is 0.382 e. The van der Waals surface area contributed by atoms with Crippen molar-refractivity contribution in [1.29, 1.82) is 0 Å². The van der Waals surface area contributed by atoms with Gasteiger partial charge in [-0.2, -0.15) is 0 Å². The molecule has 1 aliphatic carbocycles. The minimum absolute atomic E-state index is 0.0290. The molecule has 0 radical (unpaired) electrons. The number of hydrogen-bond donors (Lipinski definition) is 2. The van der Waals surface area contributed by atoms with Gasteiger partial charge in [0.1, 0.15) is 5.82 Å². The van der Waals surface area contributed by atoms with Crippen molar-refractivity contribution >= 4 is 51.2 Å². The van der Waals surface area contributed by atoms with E-state index in [1.807, 2.05) is 24.3 Å². The monoisotopic (exact) mass is 521 g/mol. The average Bonchev–Trinajstić information content (AvgIpc) is 3.36. The molecule has 0 bridgehead atoms. The Labute approximate surface area is 217 Å². The number of anilines is 1. The number of halogens is 2. The normalized spacial score (nSPS) is 17.6. The van der Waals surface area contributed by atoms with Gasteiger partial charge in [0, 0.05) is 44.8 Å². The number of rotatable bonds is 6. The maximum Gasteiger partial charge on any atom is 0.251 e. The van der Waals surface area contributed by atoms with Crippen molar-refractivity contribution in [1.82, 2.24) is 10.3 Å². The summed E-state index contributed by atoms with van der Waals surface area (Å²) in [6.07, 6.45) is 5.23. The van der Waals surface area contributed by atoms with E-state index >= 15 is 0 Å². The SMILES string of the molecule is CC(=O)c1ccc(-c2cc(F)cc(C(=O)NC3CCC(Nc4ccnc5cc(Cl)ccc45)CC3)c2)s1. The van der Waals surface area contributed by atoms with Crippen molar-refractivity contribution in [2.75, 3.05) is 5.32 Å². The summed E-state index contributed by atoms with van der Waals surface area (Å²) in [5.41, 5.74) is 2.75. The van der Waals surface area contributed by atoms with Crippen LogP contribution >= 0.6 is 22.9 Å². The van der Waals surface area contributed by atoms with E-state index in [4.69, 9.17) is 11.6 Å². The Bertz CT molecular complexity index is 1450. The van der Waals surface area contributed by atoms with E-state index in [9.17, 15) is 14.0 Å². The highest BCUT2D eigenvalue weighted by atomic mass is 35.5. The Morgan fingerprint density at radius 3 is 2.53 bits per heavy atom. The molecule has 2 N–H and O–H groups in total. The van der Waals surface area contributed by atoms with Crippen molar-refractivity contribution in [3.8, 4) is 10.4 Å². The van der Waals surface area contributed by atoms with Crippen LogP contribution in [0.4, 0.5) is 10.1 Å². The summed E-state index contributed by atoms with van der Waals surface area (Å²) in [6.45, 7) is 1.50. The number of carbonyl (C=O) groups excluding carboxylic acids is 2. The van der Waals surface area contributed by atoms with Gasteiger partial charge in [-0.25, -0.2) is 4.39 Å². The number of nitrogens with one attached hydrogen (secondary N) is 2. The summed E-state index contributed by atoms with van der Waals surface area (Å²) in [5, 5.41) is 8.39. The van der Waals surface area contributed by atoms with Crippen LogP contribution in [0.3, 0.4) is 0 Å². The smallest absolute Gasteiger partial charge is 0.251 e. The topological polar surface area (TPSA) is 71.1 Å². The number of hydrogen-bond acceptors (Lipinski definition) is 5. The van der Waals surface area contributed by atoms with Gasteiger partial charge in [0.15, 0.2) is 5.78 Å². The molecule has 1 fully saturated rings. The van der Waals surface area contributed by atoms with Gasteiger partial charge in [-0.3, -0.25) is 14.6 Å². The summed E-state index contributed by atoms with van der Waals surface area (Å²) in [7, 11) is 0. The molecule has 4 aromatic rings. The van der Waals surface area contributed by atoms with Gasteiger partial charge in [0.2, 0.25) is 0 Å². The van der Waals surface area contributed by atoms with Crippen molar-refractivity contribution in [3.05, 3.63) is 82.1 Å². The van der Waals surface area contributed by atoms with E-state index in [1.54, 1.807) is 24.4 Å². The number of benzene rings is 2. The quantitative estimate of drug-likeness (QED) is 0.265. The van der Waals surface area contributed by atoms with E-state index < -0.39 is 5.82 Å². The first-order valence-corrected chi connectivity index (χ1v) is 13.1. The molecule has 0 saturated heterocycles. The fraction of sp³-hybridized carbons (Fsp3) is 0.250. The minimum Gasteiger partial charge on any atom is -0.382 e. The van der Waals surface area contributed by atoms with Gasteiger partial charge in [-0.15, -0.1) is 11.3 Å². The molecule has 184 valence electrons. The molecule has 0 atom stereocenters. The number of Topliss-reactive ketones (excluding diaryl/α,β-unsaturated/α-hetero) is 1. The second-order valence-corrected chi connectivity index (χ2v) is 10.7. The number of aromatic nitrogens is 1. The fourth-order valence-electron chi connectivity index (χ4n) is 4.66. The summed E-state index contributed by atoms with van der Waals surface area (Å²) >= 11 is 7.39. The molecule has 0 aliphatic heterocycles. The predicted octanol–water partition coefficient (Wildman–Crippen LogP) is 7.11. The van der Waals surface area contributed by atoms with E-state index in [0.29, 0.717) is 15.5 Å². The molecule has 2 aromatic carbocycles. The Balaban J connectivity index is 1.21. The van der Waals surface area contributed by atoms with E-state index in [0.717, 1.165) is 47.2 Å². The standard InChI is InChI=1S/C28H25ClFN3O2S/c1-16(34)26-8-9-27(36-26)17-12-18(14-20(30)13-17)28(35)33-22-5-3-21(4-6-22)32-24-10-11-31-25-15-19(29)2-7-23(24)25/h2,7-15,21-22H,3-6H2,1H3,(H,31,32)(H,33,35). The lowest BCUT2D eigenvalue weighted by atomic mass is 9.90. The molecule has 2 aromatic heterocycles. The highest BCUT2D eigenvalue weighted by molar-refractivity contribution is 7.17. The molecule has 1 aliphatic rings. The van der Waals surface area contributed by atoms with Gasteiger partial charge in [-0.1, -0.05) is 11.6 Å². The molecule has 0 unspecified atom stereocenters. The molecule has 0 spiro atoms. The number of thiophene rings is 1. The van der Waals surface area contributed by atoms with Crippen molar-refractivity contribution in [3.63, 3.8) is 0 Å². The van der Waals surface area contributed by atoms with E-state index in [1.165, 1.54) is 30.4 Å². The van der Waals surface area contributed by atoms with E-state index in [-0.39, 0.29) is 29.3 Å². The van der Waals surface area contributed by atoms with Crippen LogP contribution in [-0.4, -0.2) is 28.8 Å².